The lowest BCUT2D eigenvalue weighted by Gasteiger charge is -2.42. The molecule has 0 radical (unpaired) electrons. The maximum atomic E-state index is 13.0. The van der Waals surface area contributed by atoms with Gasteiger partial charge >= 0.3 is 0 Å². The summed E-state index contributed by atoms with van der Waals surface area (Å²) in [5, 5.41) is 0. The van der Waals surface area contributed by atoms with Crippen LogP contribution in [0.2, 0.25) is 0 Å². The molecule has 1 amide bonds. The van der Waals surface area contributed by atoms with Crippen LogP contribution in [-0.2, 0) is 6.54 Å². The van der Waals surface area contributed by atoms with Gasteiger partial charge in [0.15, 0.2) is 0 Å². The summed E-state index contributed by atoms with van der Waals surface area (Å²) in [5.41, 5.74) is 2.26. The minimum absolute atomic E-state index is 0.00828. The van der Waals surface area contributed by atoms with E-state index in [9.17, 15) is 9.59 Å². The normalized spacial score (nSPS) is 21.0. The quantitative estimate of drug-likeness (QED) is 0.704. The van der Waals surface area contributed by atoms with Crippen molar-refractivity contribution in [3.05, 3.63) is 76.7 Å². The third-order valence-corrected chi connectivity index (χ3v) is 5.61. The summed E-state index contributed by atoms with van der Waals surface area (Å²) in [7, 11) is 0. The Morgan fingerprint density at radius 2 is 1.93 bits per heavy atom. The van der Waals surface area contributed by atoms with Crippen LogP contribution in [0.15, 0.2) is 64.3 Å². The van der Waals surface area contributed by atoms with Crippen molar-refractivity contribution in [1.82, 2.24) is 14.5 Å². The van der Waals surface area contributed by atoms with E-state index in [0.717, 1.165) is 12.1 Å². The van der Waals surface area contributed by atoms with Crippen LogP contribution in [0, 0.1) is 5.92 Å². The number of carbonyl (C=O) groups excluding carboxylic acids is 1. The van der Waals surface area contributed by atoms with Crippen LogP contribution < -0.4 is 5.56 Å². The van der Waals surface area contributed by atoms with E-state index in [-0.39, 0.29) is 23.3 Å². The molecule has 0 aliphatic carbocycles. The zero-order valence-corrected chi connectivity index (χ0v) is 14.7. The highest BCUT2D eigenvalue weighted by atomic mass is 16.3. The van der Waals surface area contributed by atoms with Crippen molar-refractivity contribution < 1.29 is 9.21 Å². The van der Waals surface area contributed by atoms with Crippen LogP contribution >= 0.6 is 0 Å². The van der Waals surface area contributed by atoms with Gasteiger partial charge in [0.05, 0.1) is 11.8 Å². The van der Waals surface area contributed by atoms with E-state index in [4.69, 9.17) is 4.42 Å². The number of likely N-dealkylation sites (tertiary alicyclic amines) is 1. The van der Waals surface area contributed by atoms with Crippen molar-refractivity contribution in [2.75, 3.05) is 13.1 Å². The van der Waals surface area contributed by atoms with Gasteiger partial charge in [-0.15, -0.1) is 0 Å². The Balaban J connectivity index is 1.47. The first-order valence-corrected chi connectivity index (χ1v) is 9.17. The molecule has 2 bridgehead atoms. The summed E-state index contributed by atoms with van der Waals surface area (Å²) < 4.78 is 7.29. The van der Waals surface area contributed by atoms with Gasteiger partial charge < -0.3 is 13.9 Å². The van der Waals surface area contributed by atoms with E-state index < -0.39 is 0 Å². The third kappa shape index (κ3) is 2.68. The highest BCUT2D eigenvalue weighted by molar-refractivity contribution is 5.94. The topological polar surface area (TPSA) is 68.3 Å². The highest BCUT2D eigenvalue weighted by Gasteiger charge is 2.37. The molecule has 6 nitrogen and oxygen atoms in total. The number of hydrogen-bond donors (Lipinski definition) is 0. The number of rotatable bonds is 2. The van der Waals surface area contributed by atoms with Gasteiger partial charge in [0.1, 0.15) is 5.76 Å². The fourth-order valence-corrected chi connectivity index (χ4v) is 4.41. The molecule has 0 N–H and O–H groups in total. The van der Waals surface area contributed by atoms with E-state index >= 15 is 0 Å². The van der Waals surface area contributed by atoms with Crippen molar-refractivity contribution in [2.45, 2.75) is 18.9 Å². The monoisotopic (exact) mass is 361 g/mol. The molecule has 27 heavy (non-hydrogen) atoms. The minimum atomic E-state index is -0.00828. The largest absolute Gasteiger partial charge is 0.464 e. The number of pyridine rings is 2. The molecule has 3 aromatic rings. The van der Waals surface area contributed by atoms with Crippen molar-refractivity contribution in [3.63, 3.8) is 0 Å². The summed E-state index contributed by atoms with van der Waals surface area (Å²) in [6, 6.07) is 11.0. The van der Waals surface area contributed by atoms with Gasteiger partial charge in [0.2, 0.25) is 0 Å². The first-order chi connectivity index (χ1) is 13.2. The standard InChI is InChI=1S/C21H19N3O3/c25-20(15-5-7-22-8-6-15)23-11-14-10-16(13-23)18-4-3-17(19-2-1-9-27-19)21(26)24(18)12-14/h1-9,14,16H,10-13H2. The highest BCUT2D eigenvalue weighted by Crippen LogP contribution is 2.36. The number of fused-ring (bicyclic) bond motifs is 4. The summed E-state index contributed by atoms with van der Waals surface area (Å²) in [4.78, 5) is 31.7. The Morgan fingerprint density at radius 3 is 2.70 bits per heavy atom. The molecule has 2 atom stereocenters. The lowest BCUT2D eigenvalue weighted by Crippen LogP contribution is -2.49. The fraction of sp³-hybridized carbons (Fsp3) is 0.286. The Bertz CT molecular complexity index is 1040. The third-order valence-electron chi connectivity index (χ3n) is 5.61. The van der Waals surface area contributed by atoms with Gasteiger partial charge in [0, 0.05) is 49.2 Å². The maximum Gasteiger partial charge on any atom is 0.261 e. The molecule has 136 valence electrons. The molecular weight excluding hydrogens is 342 g/mol. The summed E-state index contributed by atoms with van der Waals surface area (Å²) in [6.07, 6.45) is 5.88. The first-order valence-electron chi connectivity index (χ1n) is 9.17. The molecular formula is C21H19N3O3. The van der Waals surface area contributed by atoms with E-state index in [1.54, 1.807) is 36.9 Å². The summed E-state index contributed by atoms with van der Waals surface area (Å²) in [6.45, 7) is 1.95. The molecule has 0 spiro atoms. The van der Waals surface area contributed by atoms with Crippen LogP contribution in [0.25, 0.3) is 11.3 Å². The lowest BCUT2D eigenvalue weighted by molar-refractivity contribution is 0.0594. The molecule has 3 aromatic heterocycles. The molecule has 1 saturated heterocycles. The summed E-state index contributed by atoms with van der Waals surface area (Å²) in [5.74, 6) is 1.10. The SMILES string of the molecule is O=C(c1ccncc1)N1CC2CC(C1)c1ccc(-c3ccco3)c(=O)n1C2. The van der Waals surface area contributed by atoms with Crippen LogP contribution in [0.1, 0.15) is 28.4 Å². The molecule has 5 rings (SSSR count). The Morgan fingerprint density at radius 1 is 1.07 bits per heavy atom. The smallest absolute Gasteiger partial charge is 0.261 e. The second kappa shape index (κ2) is 6.23. The number of carbonyl (C=O) groups is 1. The van der Waals surface area contributed by atoms with E-state index in [2.05, 4.69) is 4.98 Å². The fourth-order valence-electron chi connectivity index (χ4n) is 4.41. The lowest BCUT2D eigenvalue weighted by atomic mass is 9.82. The second-order valence-electron chi connectivity index (χ2n) is 7.31. The number of nitrogens with zero attached hydrogens (tertiary/aromatic N) is 3. The van der Waals surface area contributed by atoms with Gasteiger partial charge in [-0.05, 0) is 48.7 Å². The van der Waals surface area contributed by atoms with Crippen LogP contribution in [0.5, 0.6) is 0 Å². The molecule has 0 saturated carbocycles. The van der Waals surface area contributed by atoms with E-state index in [0.29, 0.717) is 36.5 Å². The van der Waals surface area contributed by atoms with Gasteiger partial charge in [-0.2, -0.15) is 0 Å². The molecule has 0 aromatic carbocycles. The molecule has 2 aliphatic heterocycles. The number of piperidine rings is 1. The van der Waals surface area contributed by atoms with Crippen molar-refractivity contribution in [2.24, 2.45) is 5.92 Å². The van der Waals surface area contributed by atoms with Crippen LogP contribution in [0.4, 0.5) is 0 Å². The van der Waals surface area contributed by atoms with Crippen molar-refractivity contribution in [3.8, 4) is 11.3 Å². The van der Waals surface area contributed by atoms with Crippen molar-refractivity contribution >= 4 is 5.91 Å². The molecule has 6 heteroatoms. The number of aromatic nitrogens is 2. The molecule has 2 aliphatic rings. The maximum absolute atomic E-state index is 13.0. The Labute approximate surface area is 156 Å². The Hall–Kier alpha value is -3.15. The average molecular weight is 361 g/mol. The van der Waals surface area contributed by atoms with Gasteiger partial charge in [-0.1, -0.05) is 0 Å². The zero-order valence-electron chi connectivity index (χ0n) is 14.7. The van der Waals surface area contributed by atoms with Crippen molar-refractivity contribution in [1.29, 1.82) is 0 Å². The van der Waals surface area contributed by atoms with E-state index in [1.807, 2.05) is 27.7 Å². The number of furan rings is 1. The van der Waals surface area contributed by atoms with Gasteiger partial charge in [-0.25, -0.2) is 0 Å². The first kappa shape index (κ1) is 16.1. The second-order valence-corrected chi connectivity index (χ2v) is 7.31. The van der Waals surface area contributed by atoms with Crippen LogP contribution in [0.3, 0.4) is 0 Å². The molecule has 5 heterocycles. The molecule has 2 unspecified atom stereocenters. The van der Waals surface area contributed by atoms with Gasteiger partial charge in [-0.3, -0.25) is 14.6 Å². The summed E-state index contributed by atoms with van der Waals surface area (Å²) >= 11 is 0. The van der Waals surface area contributed by atoms with Crippen LogP contribution in [-0.4, -0.2) is 33.4 Å². The minimum Gasteiger partial charge on any atom is -0.464 e. The van der Waals surface area contributed by atoms with E-state index in [1.165, 1.54) is 0 Å². The number of hydrogen-bond acceptors (Lipinski definition) is 4. The molecule has 1 fully saturated rings. The Kier molecular flexibility index (Phi) is 3.70. The average Bonchev–Trinajstić information content (AvgIpc) is 3.23. The number of amides is 1. The predicted molar refractivity (Wildman–Crippen MR) is 99.4 cm³/mol. The predicted octanol–water partition coefficient (Wildman–Crippen LogP) is 2.76. The zero-order chi connectivity index (χ0) is 18.4. The van der Waals surface area contributed by atoms with Gasteiger partial charge in [0.25, 0.3) is 11.5 Å².